The Morgan fingerprint density at radius 2 is 1.52 bits per heavy atom. The minimum Gasteiger partial charge on any atom is -0.322 e. The summed E-state index contributed by atoms with van der Waals surface area (Å²) in [5.74, 6) is -0.276. The first-order chi connectivity index (χ1) is 14.1. The third kappa shape index (κ3) is 4.35. The minimum atomic E-state index is -0.236. The van der Waals surface area contributed by atoms with Crippen molar-refractivity contribution in [1.82, 2.24) is 0 Å². The first-order valence-electron chi connectivity index (χ1n) is 9.27. The summed E-state index contributed by atoms with van der Waals surface area (Å²) in [4.78, 5) is 38.7. The van der Waals surface area contributed by atoms with Crippen LogP contribution in [0.4, 0.5) is 17.1 Å². The Bertz CT molecular complexity index is 1030. The summed E-state index contributed by atoms with van der Waals surface area (Å²) in [6, 6.07) is 17.6. The highest BCUT2D eigenvalue weighted by Crippen LogP contribution is 2.22. The van der Waals surface area contributed by atoms with Crippen LogP contribution in [0, 0.1) is 0 Å². The Labute approximate surface area is 172 Å². The molecule has 2 heterocycles. The molecule has 0 radical (unpaired) electrons. The molecule has 6 nitrogen and oxygen atoms in total. The molecule has 2 N–H and O–H groups in total. The Morgan fingerprint density at radius 1 is 0.862 bits per heavy atom. The van der Waals surface area contributed by atoms with Crippen molar-refractivity contribution >= 4 is 46.1 Å². The summed E-state index contributed by atoms with van der Waals surface area (Å²) in [7, 11) is 0. The van der Waals surface area contributed by atoms with Crippen LogP contribution in [0.3, 0.4) is 0 Å². The van der Waals surface area contributed by atoms with Gasteiger partial charge in [-0.3, -0.25) is 14.4 Å². The maximum Gasteiger partial charge on any atom is 0.265 e. The number of rotatable bonds is 5. The highest BCUT2D eigenvalue weighted by Gasteiger charge is 2.21. The van der Waals surface area contributed by atoms with Gasteiger partial charge in [0.15, 0.2) is 0 Å². The van der Waals surface area contributed by atoms with Gasteiger partial charge >= 0.3 is 0 Å². The van der Waals surface area contributed by atoms with E-state index in [0.29, 0.717) is 28.2 Å². The predicted octanol–water partition coefficient (Wildman–Crippen LogP) is 4.38. The summed E-state index contributed by atoms with van der Waals surface area (Å²) >= 11 is 1.38. The van der Waals surface area contributed by atoms with Crippen molar-refractivity contribution in [2.24, 2.45) is 0 Å². The fourth-order valence-electron chi connectivity index (χ4n) is 3.15. The number of carbonyl (C=O) groups is 3. The van der Waals surface area contributed by atoms with Crippen molar-refractivity contribution in [3.05, 3.63) is 76.5 Å². The van der Waals surface area contributed by atoms with E-state index in [2.05, 4.69) is 10.6 Å². The molecule has 1 saturated heterocycles. The van der Waals surface area contributed by atoms with E-state index in [1.807, 2.05) is 11.4 Å². The van der Waals surface area contributed by atoms with E-state index in [0.717, 1.165) is 18.7 Å². The minimum absolute atomic E-state index is 0.119. The van der Waals surface area contributed by atoms with Gasteiger partial charge in [-0.1, -0.05) is 6.07 Å². The van der Waals surface area contributed by atoms with Crippen LogP contribution >= 0.6 is 11.3 Å². The Morgan fingerprint density at radius 3 is 2.07 bits per heavy atom. The molecule has 1 fully saturated rings. The van der Waals surface area contributed by atoms with Crippen molar-refractivity contribution < 1.29 is 14.4 Å². The predicted molar refractivity (Wildman–Crippen MR) is 115 cm³/mol. The molecule has 0 unspecified atom stereocenters. The van der Waals surface area contributed by atoms with Crippen LogP contribution in [0.5, 0.6) is 0 Å². The second-order valence-corrected chi connectivity index (χ2v) is 7.61. The highest BCUT2D eigenvalue weighted by molar-refractivity contribution is 7.12. The molecule has 0 spiro atoms. The number of hydrogen-bond donors (Lipinski definition) is 2. The molecule has 29 heavy (non-hydrogen) atoms. The fraction of sp³-hybridized carbons (Fsp3) is 0.136. The first kappa shape index (κ1) is 18.9. The summed E-state index contributed by atoms with van der Waals surface area (Å²) in [6.07, 6.45) is 1.44. The van der Waals surface area contributed by atoms with E-state index in [4.69, 9.17) is 0 Å². The van der Waals surface area contributed by atoms with Gasteiger partial charge in [0, 0.05) is 35.6 Å². The lowest BCUT2D eigenvalue weighted by molar-refractivity contribution is -0.117. The Hall–Kier alpha value is -3.45. The normalized spacial score (nSPS) is 13.4. The number of nitrogens with one attached hydrogen (secondary N) is 2. The maximum absolute atomic E-state index is 12.5. The number of benzene rings is 2. The van der Waals surface area contributed by atoms with Crippen LogP contribution < -0.4 is 15.5 Å². The topological polar surface area (TPSA) is 78.5 Å². The molecule has 0 bridgehead atoms. The largest absolute Gasteiger partial charge is 0.322 e. The van der Waals surface area contributed by atoms with Crippen LogP contribution in [0.25, 0.3) is 0 Å². The highest BCUT2D eigenvalue weighted by atomic mass is 32.1. The number of anilines is 3. The molecule has 2 aromatic carbocycles. The van der Waals surface area contributed by atoms with Gasteiger partial charge in [0.1, 0.15) is 0 Å². The van der Waals surface area contributed by atoms with Crippen LogP contribution in [0.1, 0.15) is 32.9 Å². The van der Waals surface area contributed by atoms with Gasteiger partial charge < -0.3 is 15.5 Å². The molecule has 1 aromatic heterocycles. The van der Waals surface area contributed by atoms with Gasteiger partial charge in [-0.15, -0.1) is 11.3 Å². The fourth-order valence-corrected chi connectivity index (χ4v) is 3.77. The van der Waals surface area contributed by atoms with E-state index in [9.17, 15) is 14.4 Å². The second kappa shape index (κ2) is 8.28. The number of thiophene rings is 1. The van der Waals surface area contributed by atoms with Gasteiger partial charge in [-0.05, 0) is 66.4 Å². The molecule has 0 atom stereocenters. The van der Waals surface area contributed by atoms with Gasteiger partial charge in [-0.25, -0.2) is 0 Å². The van der Waals surface area contributed by atoms with Gasteiger partial charge in [0.25, 0.3) is 11.8 Å². The lowest BCUT2D eigenvalue weighted by Crippen LogP contribution is -2.23. The van der Waals surface area contributed by atoms with Gasteiger partial charge in [0.2, 0.25) is 5.91 Å². The van der Waals surface area contributed by atoms with E-state index in [1.165, 1.54) is 11.3 Å². The first-order valence-corrected chi connectivity index (χ1v) is 10.1. The maximum atomic E-state index is 12.5. The van der Waals surface area contributed by atoms with E-state index < -0.39 is 0 Å². The zero-order chi connectivity index (χ0) is 20.2. The Balaban J connectivity index is 1.37. The monoisotopic (exact) mass is 405 g/mol. The Kier molecular flexibility index (Phi) is 5.39. The molecule has 3 aromatic rings. The zero-order valence-electron chi connectivity index (χ0n) is 15.6. The van der Waals surface area contributed by atoms with E-state index in [-0.39, 0.29) is 17.7 Å². The lowest BCUT2D eigenvalue weighted by atomic mass is 10.1. The molecular formula is C22H19N3O3S. The van der Waals surface area contributed by atoms with Crippen molar-refractivity contribution in [2.75, 3.05) is 22.1 Å². The second-order valence-electron chi connectivity index (χ2n) is 6.66. The number of carbonyl (C=O) groups excluding carboxylic acids is 3. The van der Waals surface area contributed by atoms with Crippen LogP contribution in [-0.2, 0) is 4.79 Å². The summed E-state index contributed by atoms with van der Waals surface area (Å²) < 4.78 is 0. The summed E-state index contributed by atoms with van der Waals surface area (Å²) in [5.41, 5.74) is 2.61. The SMILES string of the molecule is O=C(Nc1ccc(NC(=O)c2cccs2)cc1)c1ccc(N2CCCC2=O)cc1. The number of hydrogen-bond acceptors (Lipinski definition) is 4. The summed E-state index contributed by atoms with van der Waals surface area (Å²) in [6.45, 7) is 0.722. The van der Waals surface area contributed by atoms with Crippen molar-refractivity contribution in [3.8, 4) is 0 Å². The average molecular weight is 405 g/mol. The summed E-state index contributed by atoms with van der Waals surface area (Å²) in [5, 5.41) is 7.50. The van der Waals surface area contributed by atoms with Crippen LogP contribution in [-0.4, -0.2) is 24.3 Å². The van der Waals surface area contributed by atoms with Crippen LogP contribution in [0.2, 0.25) is 0 Å². The molecule has 0 saturated carbocycles. The van der Waals surface area contributed by atoms with Gasteiger partial charge in [0.05, 0.1) is 4.88 Å². The molecule has 4 rings (SSSR count). The standard InChI is InChI=1S/C22H19N3O3S/c26-20-4-1-13-25(20)18-11-5-15(6-12-18)21(27)23-16-7-9-17(10-8-16)24-22(28)19-3-2-14-29-19/h2-3,5-12,14H,1,4,13H2,(H,23,27)(H,24,28). The number of amides is 3. The quantitative estimate of drug-likeness (QED) is 0.661. The lowest BCUT2D eigenvalue weighted by Gasteiger charge is -2.15. The molecular weight excluding hydrogens is 386 g/mol. The van der Waals surface area contributed by atoms with Gasteiger partial charge in [-0.2, -0.15) is 0 Å². The van der Waals surface area contributed by atoms with Crippen molar-refractivity contribution in [3.63, 3.8) is 0 Å². The third-order valence-corrected chi connectivity index (χ3v) is 5.53. The van der Waals surface area contributed by atoms with Crippen molar-refractivity contribution in [1.29, 1.82) is 0 Å². The van der Waals surface area contributed by atoms with Crippen molar-refractivity contribution in [2.45, 2.75) is 12.8 Å². The average Bonchev–Trinajstić information content (AvgIpc) is 3.41. The molecule has 146 valence electrons. The third-order valence-electron chi connectivity index (χ3n) is 4.66. The smallest absolute Gasteiger partial charge is 0.265 e. The number of nitrogens with zero attached hydrogens (tertiary/aromatic N) is 1. The molecule has 0 aliphatic carbocycles. The molecule has 1 aliphatic heterocycles. The molecule has 3 amide bonds. The van der Waals surface area contributed by atoms with E-state index >= 15 is 0 Å². The molecule has 1 aliphatic rings. The zero-order valence-corrected chi connectivity index (χ0v) is 16.4. The van der Waals surface area contributed by atoms with E-state index in [1.54, 1.807) is 59.5 Å². The molecule has 7 heteroatoms. The van der Waals surface area contributed by atoms with Crippen LogP contribution in [0.15, 0.2) is 66.0 Å².